The lowest BCUT2D eigenvalue weighted by molar-refractivity contribution is -0.119. The fourth-order valence-corrected chi connectivity index (χ4v) is 3.59. The third-order valence-electron chi connectivity index (χ3n) is 4.54. The van der Waals surface area contributed by atoms with Crippen LogP contribution in [0.4, 0.5) is 0 Å². The minimum absolute atomic E-state index is 0.00271. The number of carbonyl (C=O) groups is 3. The third kappa shape index (κ3) is 4.75. The Morgan fingerprint density at radius 1 is 1.16 bits per heavy atom. The number of nitrogens with one attached hydrogen (secondary N) is 2. The van der Waals surface area contributed by atoms with Crippen molar-refractivity contribution in [2.45, 2.75) is 31.8 Å². The van der Waals surface area contributed by atoms with Crippen molar-refractivity contribution in [3.8, 4) is 0 Å². The molecule has 25 heavy (non-hydrogen) atoms. The van der Waals surface area contributed by atoms with Gasteiger partial charge in [0, 0.05) is 31.2 Å². The first-order valence-electron chi connectivity index (χ1n) is 8.64. The summed E-state index contributed by atoms with van der Waals surface area (Å²) in [4.78, 5) is 37.4. The van der Waals surface area contributed by atoms with Crippen LogP contribution in [0, 0.1) is 0 Å². The molecule has 3 rings (SSSR count). The summed E-state index contributed by atoms with van der Waals surface area (Å²) in [6.45, 7) is 1.51. The Kier molecular flexibility index (Phi) is 5.96. The van der Waals surface area contributed by atoms with Crippen molar-refractivity contribution in [1.82, 2.24) is 15.5 Å². The molecule has 0 atom stereocenters. The molecule has 3 amide bonds. The van der Waals surface area contributed by atoms with E-state index in [1.807, 2.05) is 24.3 Å². The van der Waals surface area contributed by atoms with Crippen molar-refractivity contribution < 1.29 is 14.4 Å². The van der Waals surface area contributed by atoms with Gasteiger partial charge in [-0.25, -0.2) is 0 Å². The van der Waals surface area contributed by atoms with E-state index in [1.165, 1.54) is 18.2 Å². The van der Waals surface area contributed by atoms with Crippen LogP contribution in [0.15, 0.2) is 24.3 Å². The van der Waals surface area contributed by atoms with Gasteiger partial charge in [0.05, 0.1) is 11.5 Å². The molecule has 1 aromatic carbocycles. The Labute approximate surface area is 151 Å². The predicted octanol–water partition coefficient (Wildman–Crippen LogP) is 1.16. The van der Waals surface area contributed by atoms with E-state index in [0.29, 0.717) is 31.4 Å². The molecule has 1 fully saturated rings. The molecule has 6 nitrogen and oxygen atoms in total. The van der Waals surface area contributed by atoms with Crippen molar-refractivity contribution >= 4 is 29.5 Å². The zero-order valence-corrected chi connectivity index (χ0v) is 14.9. The average molecular weight is 361 g/mol. The summed E-state index contributed by atoms with van der Waals surface area (Å²) >= 11 is 1.31. The van der Waals surface area contributed by atoms with E-state index < -0.39 is 0 Å². The maximum atomic E-state index is 12.2. The van der Waals surface area contributed by atoms with Crippen LogP contribution in [0.2, 0.25) is 0 Å². The van der Waals surface area contributed by atoms with Crippen molar-refractivity contribution in [3.63, 3.8) is 0 Å². The normalized spacial score (nSPS) is 16.3. The molecule has 7 heteroatoms. The Bertz CT molecular complexity index is 661. The van der Waals surface area contributed by atoms with Crippen LogP contribution in [0.25, 0.3) is 0 Å². The van der Waals surface area contributed by atoms with Crippen molar-refractivity contribution in [2.24, 2.45) is 0 Å². The minimum atomic E-state index is -0.106. The zero-order chi connectivity index (χ0) is 17.6. The van der Waals surface area contributed by atoms with Crippen LogP contribution in [-0.4, -0.2) is 53.3 Å². The van der Waals surface area contributed by atoms with E-state index >= 15 is 0 Å². The van der Waals surface area contributed by atoms with Gasteiger partial charge in [-0.2, -0.15) is 0 Å². The van der Waals surface area contributed by atoms with Gasteiger partial charge >= 0.3 is 0 Å². The van der Waals surface area contributed by atoms with Crippen molar-refractivity contribution in [2.75, 3.05) is 24.6 Å². The van der Waals surface area contributed by atoms with E-state index in [2.05, 4.69) is 10.6 Å². The van der Waals surface area contributed by atoms with Crippen LogP contribution in [0.5, 0.6) is 0 Å². The number of benzene rings is 1. The van der Waals surface area contributed by atoms with Gasteiger partial charge in [0.1, 0.15) is 0 Å². The van der Waals surface area contributed by atoms with Crippen molar-refractivity contribution in [3.05, 3.63) is 35.4 Å². The summed E-state index contributed by atoms with van der Waals surface area (Å²) in [5.74, 6) is 0.483. The molecule has 1 saturated carbocycles. The maximum absolute atomic E-state index is 12.2. The van der Waals surface area contributed by atoms with E-state index in [9.17, 15) is 14.4 Å². The monoisotopic (exact) mass is 361 g/mol. The summed E-state index contributed by atoms with van der Waals surface area (Å²) in [5, 5.41) is 5.76. The van der Waals surface area contributed by atoms with Crippen molar-refractivity contribution in [1.29, 1.82) is 0 Å². The molecule has 0 radical (unpaired) electrons. The van der Waals surface area contributed by atoms with Gasteiger partial charge in [0.25, 0.3) is 5.91 Å². The van der Waals surface area contributed by atoms with Gasteiger partial charge in [-0.15, -0.1) is 11.8 Å². The van der Waals surface area contributed by atoms with E-state index in [-0.39, 0.29) is 23.5 Å². The van der Waals surface area contributed by atoms with Crippen LogP contribution in [-0.2, 0) is 16.1 Å². The predicted molar refractivity (Wildman–Crippen MR) is 97.3 cm³/mol. The van der Waals surface area contributed by atoms with Gasteiger partial charge < -0.3 is 15.5 Å². The van der Waals surface area contributed by atoms with E-state index in [1.54, 1.807) is 4.90 Å². The van der Waals surface area contributed by atoms with Crippen LogP contribution >= 0.6 is 11.8 Å². The second-order valence-electron chi connectivity index (χ2n) is 6.42. The Morgan fingerprint density at radius 2 is 1.92 bits per heavy atom. The molecule has 2 aliphatic rings. The van der Waals surface area contributed by atoms with Crippen LogP contribution in [0.1, 0.15) is 35.2 Å². The van der Waals surface area contributed by atoms with E-state index in [0.717, 1.165) is 24.0 Å². The smallest absolute Gasteiger partial charge is 0.254 e. The highest BCUT2D eigenvalue weighted by Crippen LogP contribution is 2.21. The molecule has 0 aromatic heterocycles. The highest BCUT2D eigenvalue weighted by atomic mass is 32.2. The van der Waals surface area contributed by atoms with Gasteiger partial charge in [0.2, 0.25) is 11.8 Å². The molecule has 1 heterocycles. The standard InChI is InChI=1S/C18H23N3O3S/c22-16(11-25-12-17(23)20-14-5-3-6-14)19-8-9-21-10-13-4-1-2-7-15(13)18(21)24/h1-2,4,7,14H,3,5-6,8-12H2,(H,19,22)(H,20,23). The number of carbonyl (C=O) groups excluding carboxylic acids is 3. The van der Waals surface area contributed by atoms with Gasteiger partial charge in [-0.05, 0) is 30.9 Å². The lowest BCUT2D eigenvalue weighted by atomic mass is 9.93. The Balaban J connectivity index is 1.28. The van der Waals surface area contributed by atoms with E-state index in [4.69, 9.17) is 0 Å². The lowest BCUT2D eigenvalue weighted by Gasteiger charge is -2.26. The summed E-state index contributed by atoms with van der Waals surface area (Å²) < 4.78 is 0. The fourth-order valence-electron chi connectivity index (χ4n) is 2.93. The highest BCUT2D eigenvalue weighted by molar-refractivity contribution is 8.00. The first-order valence-corrected chi connectivity index (χ1v) is 9.80. The number of hydrogen-bond donors (Lipinski definition) is 2. The number of amides is 3. The number of nitrogens with zero attached hydrogens (tertiary/aromatic N) is 1. The molecule has 1 aliphatic carbocycles. The number of fused-ring (bicyclic) bond motifs is 1. The zero-order valence-electron chi connectivity index (χ0n) is 14.1. The van der Waals surface area contributed by atoms with Crippen LogP contribution < -0.4 is 10.6 Å². The SMILES string of the molecule is O=C(CSCC(=O)NC1CCC1)NCCN1Cc2ccccc2C1=O. The Morgan fingerprint density at radius 3 is 2.64 bits per heavy atom. The van der Waals surface area contributed by atoms with Gasteiger partial charge in [-0.3, -0.25) is 14.4 Å². The topological polar surface area (TPSA) is 78.5 Å². The molecule has 0 bridgehead atoms. The number of thioether (sulfide) groups is 1. The molecule has 0 spiro atoms. The quantitative estimate of drug-likeness (QED) is 0.728. The Hall–Kier alpha value is -2.02. The molecule has 2 N–H and O–H groups in total. The first kappa shape index (κ1) is 17.8. The molecular weight excluding hydrogens is 338 g/mol. The summed E-state index contributed by atoms with van der Waals surface area (Å²) in [6.07, 6.45) is 3.32. The number of hydrogen-bond acceptors (Lipinski definition) is 4. The maximum Gasteiger partial charge on any atom is 0.254 e. The summed E-state index contributed by atoms with van der Waals surface area (Å²) in [6, 6.07) is 7.92. The summed E-state index contributed by atoms with van der Waals surface area (Å²) in [7, 11) is 0. The molecule has 0 unspecified atom stereocenters. The largest absolute Gasteiger partial charge is 0.354 e. The number of rotatable bonds is 8. The highest BCUT2D eigenvalue weighted by Gasteiger charge is 2.26. The van der Waals surface area contributed by atoms with Gasteiger partial charge in [0.15, 0.2) is 0 Å². The molecular formula is C18H23N3O3S. The first-order chi connectivity index (χ1) is 12.1. The average Bonchev–Trinajstić information content (AvgIpc) is 2.88. The van der Waals surface area contributed by atoms with Gasteiger partial charge in [-0.1, -0.05) is 18.2 Å². The molecule has 1 aliphatic heterocycles. The minimum Gasteiger partial charge on any atom is -0.354 e. The second-order valence-corrected chi connectivity index (χ2v) is 7.41. The summed E-state index contributed by atoms with van der Waals surface area (Å²) in [5.41, 5.74) is 1.79. The third-order valence-corrected chi connectivity index (χ3v) is 5.47. The fraction of sp³-hybridized carbons (Fsp3) is 0.500. The molecule has 134 valence electrons. The molecule has 1 aromatic rings. The second kappa shape index (κ2) is 8.38. The molecule has 0 saturated heterocycles. The van der Waals surface area contributed by atoms with Crippen LogP contribution in [0.3, 0.4) is 0 Å². The lowest BCUT2D eigenvalue weighted by Crippen LogP contribution is -2.40.